The largest absolute Gasteiger partial charge is 0.411 e. The average Bonchev–Trinajstić information content (AvgIpc) is 3.68. The lowest BCUT2D eigenvalue weighted by molar-refractivity contribution is -0.188. The van der Waals surface area contributed by atoms with Crippen LogP contribution in [0.1, 0.15) is 64.2 Å². The Balaban J connectivity index is 1.27. The number of hydrogen-bond acceptors (Lipinski definition) is 6. The van der Waals surface area contributed by atoms with Crippen molar-refractivity contribution in [2.45, 2.75) is 87.3 Å². The number of nitrogens with one attached hydrogen (secondary N) is 1. The van der Waals surface area contributed by atoms with Crippen molar-refractivity contribution < 1.29 is 36.3 Å². The molecule has 0 bridgehead atoms. The standard InChI is InChI=1S/C23H36F3N3O5S/c24-23(25,26)16-34-20-5-1-17(2-6-20)15-18-7-11-29(12-8-18)35(32,33)22(21(30)27-31)9-13-28(14-10-22)19-3-4-19/h3,17-20H,1-2,4-16H2,(H-,27,30,31)/p+1. The van der Waals surface area contributed by atoms with Crippen molar-refractivity contribution in [3.63, 3.8) is 0 Å². The van der Waals surface area contributed by atoms with Crippen molar-refractivity contribution in [1.82, 2.24) is 14.7 Å². The molecule has 8 nitrogen and oxygen atoms in total. The molecule has 2 aliphatic heterocycles. The first-order valence-electron chi connectivity index (χ1n) is 12.7. The Morgan fingerprint density at radius 2 is 1.60 bits per heavy atom. The maximum atomic E-state index is 13.7. The molecule has 4 rings (SSSR count). The third-order valence-corrected chi connectivity index (χ3v) is 11.0. The van der Waals surface area contributed by atoms with Crippen LogP contribution in [0.25, 0.3) is 0 Å². The highest BCUT2D eigenvalue weighted by Gasteiger charge is 2.57. The van der Waals surface area contributed by atoms with E-state index in [0.29, 0.717) is 69.7 Å². The number of likely N-dealkylation sites (tertiary alicyclic amines) is 1. The molecular formula is C23H37F3N3O5S+. The van der Waals surface area contributed by atoms with Crippen LogP contribution in [0.4, 0.5) is 13.2 Å². The summed E-state index contributed by atoms with van der Waals surface area (Å²) in [5.41, 5.74) is 1.62. The maximum Gasteiger partial charge on any atom is 0.411 e. The van der Waals surface area contributed by atoms with Crippen molar-refractivity contribution in [3.8, 4) is 0 Å². The number of alkyl halides is 3. The quantitative estimate of drug-likeness (QED) is 0.288. The molecule has 12 heteroatoms. The summed E-state index contributed by atoms with van der Waals surface area (Å²) in [6.07, 6.45) is 4.07. The van der Waals surface area contributed by atoms with E-state index in [9.17, 15) is 31.6 Å². The molecule has 4 aliphatic rings. The van der Waals surface area contributed by atoms with Crippen LogP contribution in [-0.2, 0) is 19.6 Å². The van der Waals surface area contributed by atoms with Crippen LogP contribution < -0.4 is 5.48 Å². The second kappa shape index (κ2) is 10.7. The van der Waals surface area contributed by atoms with Gasteiger partial charge in [-0.25, -0.2) is 18.2 Å². The number of halogens is 3. The SMILES string of the molecule is O=C(NO)C1(S(=O)(=O)N2CCC(CC3CCC(OCC(F)(F)F)CC3)CC2)CCN(C2[CH+]C2)CC1. The Morgan fingerprint density at radius 1 is 1.03 bits per heavy atom. The number of nitrogens with zero attached hydrogens (tertiary/aromatic N) is 2. The maximum absolute atomic E-state index is 13.7. The highest BCUT2D eigenvalue weighted by atomic mass is 32.2. The number of hydrogen-bond donors (Lipinski definition) is 2. The van der Waals surface area contributed by atoms with E-state index >= 15 is 0 Å². The highest BCUT2D eigenvalue weighted by Crippen LogP contribution is 2.40. The molecule has 1 unspecified atom stereocenters. The van der Waals surface area contributed by atoms with Gasteiger partial charge in [0.05, 0.1) is 6.10 Å². The number of carbonyl (C=O) groups is 1. The predicted molar refractivity (Wildman–Crippen MR) is 122 cm³/mol. The van der Waals surface area contributed by atoms with Gasteiger partial charge in [-0.2, -0.15) is 13.2 Å². The van der Waals surface area contributed by atoms with Crippen LogP contribution in [0.2, 0.25) is 0 Å². The lowest BCUT2D eigenvalue weighted by Gasteiger charge is -2.43. The Morgan fingerprint density at radius 3 is 2.11 bits per heavy atom. The summed E-state index contributed by atoms with van der Waals surface area (Å²) >= 11 is 0. The minimum Gasteiger partial charge on any atom is -0.369 e. The molecule has 35 heavy (non-hydrogen) atoms. The number of hydroxylamine groups is 1. The van der Waals surface area contributed by atoms with Gasteiger partial charge in [0.25, 0.3) is 5.91 Å². The van der Waals surface area contributed by atoms with Gasteiger partial charge in [-0.1, -0.05) is 0 Å². The molecule has 0 aromatic heterocycles. The molecule has 2 saturated heterocycles. The predicted octanol–water partition coefficient (Wildman–Crippen LogP) is 2.87. The fraction of sp³-hybridized carbons (Fsp3) is 0.913. The minimum absolute atomic E-state index is 0.158. The van der Waals surface area contributed by atoms with Gasteiger partial charge in [0.2, 0.25) is 10.0 Å². The van der Waals surface area contributed by atoms with E-state index in [1.54, 1.807) is 5.48 Å². The zero-order valence-corrected chi connectivity index (χ0v) is 20.8. The van der Waals surface area contributed by atoms with Crippen LogP contribution in [-0.4, -0.2) is 84.6 Å². The van der Waals surface area contributed by atoms with Crippen molar-refractivity contribution in [2.75, 3.05) is 32.8 Å². The molecule has 0 radical (unpaired) electrons. The van der Waals surface area contributed by atoms with Crippen molar-refractivity contribution in [1.29, 1.82) is 0 Å². The first-order valence-corrected chi connectivity index (χ1v) is 14.2. The van der Waals surface area contributed by atoms with E-state index in [2.05, 4.69) is 11.3 Å². The number of ether oxygens (including phenoxy) is 1. The van der Waals surface area contributed by atoms with E-state index in [1.807, 2.05) is 0 Å². The van der Waals surface area contributed by atoms with Gasteiger partial charge < -0.3 is 4.74 Å². The smallest absolute Gasteiger partial charge is 0.369 e. The number of sulfonamides is 1. The van der Waals surface area contributed by atoms with Crippen molar-refractivity contribution in [3.05, 3.63) is 6.42 Å². The molecule has 4 fully saturated rings. The van der Waals surface area contributed by atoms with Gasteiger partial charge in [-0.05, 0) is 69.6 Å². The molecule has 2 heterocycles. The van der Waals surface area contributed by atoms with Crippen molar-refractivity contribution in [2.24, 2.45) is 11.8 Å². The zero-order chi connectivity index (χ0) is 25.3. The third-order valence-electron chi connectivity index (χ3n) is 8.39. The van der Waals surface area contributed by atoms with Crippen LogP contribution in [0, 0.1) is 18.3 Å². The first-order chi connectivity index (χ1) is 16.5. The van der Waals surface area contributed by atoms with Gasteiger partial charge in [-0.3, -0.25) is 14.9 Å². The van der Waals surface area contributed by atoms with Gasteiger partial charge in [0, 0.05) is 26.2 Å². The van der Waals surface area contributed by atoms with Crippen LogP contribution in [0.15, 0.2) is 0 Å². The van der Waals surface area contributed by atoms with Gasteiger partial charge in [-0.15, -0.1) is 0 Å². The Kier molecular flexibility index (Phi) is 8.26. The Hall–Kier alpha value is -1.08. The second-order valence-electron chi connectivity index (χ2n) is 10.7. The van der Waals surface area contributed by atoms with E-state index < -0.39 is 33.5 Å². The number of piperidine rings is 2. The Bertz CT molecular complexity index is 828. The number of carbonyl (C=O) groups excluding carboxylic acids is 1. The molecule has 200 valence electrons. The molecule has 0 spiro atoms. The topological polar surface area (TPSA) is 99.2 Å². The average molecular weight is 525 g/mol. The minimum atomic E-state index is -4.30. The zero-order valence-electron chi connectivity index (χ0n) is 20.0. The first kappa shape index (κ1) is 27.0. The molecule has 1 atom stereocenters. The lowest BCUT2D eigenvalue weighted by Crippen LogP contribution is -2.62. The number of amides is 1. The molecular weight excluding hydrogens is 487 g/mol. The van der Waals surface area contributed by atoms with E-state index in [1.165, 1.54) is 4.31 Å². The highest BCUT2D eigenvalue weighted by molar-refractivity contribution is 7.91. The molecule has 0 aromatic carbocycles. The monoisotopic (exact) mass is 524 g/mol. The van der Waals surface area contributed by atoms with Crippen molar-refractivity contribution >= 4 is 15.9 Å². The second-order valence-corrected chi connectivity index (χ2v) is 12.9. The summed E-state index contributed by atoms with van der Waals surface area (Å²) < 4.78 is 69.2. The fourth-order valence-electron chi connectivity index (χ4n) is 6.13. The molecule has 1 amide bonds. The normalized spacial score (nSPS) is 31.0. The van der Waals surface area contributed by atoms with Crippen LogP contribution in [0.3, 0.4) is 0 Å². The van der Waals surface area contributed by atoms with E-state index in [-0.39, 0.29) is 18.9 Å². The Labute approximate surface area is 205 Å². The van der Waals surface area contributed by atoms with Crippen LogP contribution in [0.5, 0.6) is 0 Å². The number of rotatable bonds is 8. The lowest BCUT2D eigenvalue weighted by atomic mass is 9.79. The van der Waals surface area contributed by atoms with Crippen LogP contribution >= 0.6 is 0 Å². The van der Waals surface area contributed by atoms with Gasteiger partial charge >= 0.3 is 6.18 Å². The van der Waals surface area contributed by atoms with E-state index in [4.69, 9.17) is 4.74 Å². The van der Waals surface area contributed by atoms with Gasteiger partial charge in [0.15, 0.2) is 10.8 Å². The summed E-state index contributed by atoms with van der Waals surface area (Å²) in [4.78, 5) is 14.8. The molecule has 2 N–H and O–H groups in total. The summed E-state index contributed by atoms with van der Waals surface area (Å²) in [5, 5.41) is 9.35. The fourth-order valence-corrected chi connectivity index (χ4v) is 8.29. The summed E-state index contributed by atoms with van der Waals surface area (Å²) in [6, 6.07) is 0.370. The summed E-state index contributed by atoms with van der Waals surface area (Å²) in [5.74, 6) is -0.0681. The molecule has 2 aliphatic carbocycles. The molecule has 0 aromatic rings. The third kappa shape index (κ3) is 6.26. The van der Waals surface area contributed by atoms with E-state index in [0.717, 1.165) is 25.7 Å². The van der Waals surface area contributed by atoms with Gasteiger partial charge in [0.1, 0.15) is 19.4 Å². The summed E-state index contributed by atoms with van der Waals surface area (Å²) in [7, 11) is -3.95. The summed E-state index contributed by atoms with van der Waals surface area (Å²) in [6.45, 7) is 0.497. The molecule has 2 saturated carbocycles.